The summed E-state index contributed by atoms with van der Waals surface area (Å²) in [6.45, 7) is 2.16. The molecule has 1 rings (SSSR count). The molecule has 0 aromatic heterocycles. The summed E-state index contributed by atoms with van der Waals surface area (Å²) in [5, 5.41) is 0.389. The molecule has 0 aliphatic carbocycles. The van der Waals surface area contributed by atoms with Crippen molar-refractivity contribution in [1.82, 2.24) is 0 Å². The first kappa shape index (κ1) is 7.13. The fourth-order valence-corrected chi connectivity index (χ4v) is 2.00. The third kappa shape index (κ3) is 2.39. The lowest BCUT2D eigenvalue weighted by Gasteiger charge is -2.01. The maximum Gasteiger partial charge on any atom is 0.189 e. The van der Waals surface area contributed by atoms with Gasteiger partial charge in [0.1, 0.15) is 0 Å². The molecule has 0 saturated carbocycles. The molecule has 2 heteroatoms. The first-order valence-corrected chi connectivity index (χ1v) is 4.43. The average Bonchev–Trinajstić information content (AvgIpc) is 1.93. The second-order valence-electron chi connectivity index (χ2n) is 2.67. The molecular weight excluding hydrogens is 132 g/mol. The van der Waals surface area contributed by atoms with E-state index in [9.17, 15) is 4.79 Å². The molecule has 1 heterocycles. The predicted octanol–water partition coefficient (Wildman–Crippen LogP) is 2.07. The summed E-state index contributed by atoms with van der Waals surface area (Å²) in [5.74, 6) is 1.68. The molecule has 0 aromatic carbocycles. The van der Waals surface area contributed by atoms with E-state index in [0.717, 1.165) is 12.2 Å². The molecular formula is C7H12OS. The van der Waals surface area contributed by atoms with Crippen molar-refractivity contribution in [3.63, 3.8) is 0 Å². The van der Waals surface area contributed by atoms with Gasteiger partial charge in [-0.1, -0.05) is 18.7 Å². The number of hydrogen-bond acceptors (Lipinski definition) is 2. The van der Waals surface area contributed by atoms with E-state index < -0.39 is 0 Å². The van der Waals surface area contributed by atoms with Crippen LogP contribution in [0.2, 0.25) is 0 Å². The van der Waals surface area contributed by atoms with E-state index in [-0.39, 0.29) is 0 Å². The molecule has 0 spiro atoms. The van der Waals surface area contributed by atoms with Crippen LogP contribution in [0, 0.1) is 5.92 Å². The Hall–Kier alpha value is 0.0200. The van der Waals surface area contributed by atoms with Crippen molar-refractivity contribution in [1.29, 1.82) is 0 Å². The molecule has 0 unspecified atom stereocenters. The van der Waals surface area contributed by atoms with Gasteiger partial charge in [-0.3, -0.25) is 4.79 Å². The van der Waals surface area contributed by atoms with E-state index in [1.54, 1.807) is 0 Å². The van der Waals surface area contributed by atoms with Crippen LogP contribution in [0.25, 0.3) is 0 Å². The normalized spacial score (nSPS) is 29.9. The van der Waals surface area contributed by atoms with Crippen LogP contribution in [0.15, 0.2) is 0 Å². The molecule has 1 atom stereocenters. The van der Waals surface area contributed by atoms with E-state index in [2.05, 4.69) is 6.92 Å². The summed E-state index contributed by atoms with van der Waals surface area (Å²) in [6.07, 6.45) is 3.25. The fourth-order valence-electron chi connectivity index (χ4n) is 1.06. The molecule has 1 fully saturated rings. The van der Waals surface area contributed by atoms with Gasteiger partial charge >= 0.3 is 0 Å². The van der Waals surface area contributed by atoms with Crippen molar-refractivity contribution in [3.05, 3.63) is 0 Å². The van der Waals surface area contributed by atoms with E-state index in [0.29, 0.717) is 11.0 Å². The first-order valence-electron chi connectivity index (χ1n) is 3.44. The predicted molar refractivity (Wildman–Crippen MR) is 40.5 cm³/mol. The number of rotatable bonds is 0. The SMILES string of the molecule is C[C@@H]1CCCSC(=O)C1. The van der Waals surface area contributed by atoms with Gasteiger partial charge in [0.05, 0.1) is 0 Å². The monoisotopic (exact) mass is 144 g/mol. The van der Waals surface area contributed by atoms with E-state index in [1.165, 1.54) is 24.6 Å². The van der Waals surface area contributed by atoms with E-state index in [4.69, 9.17) is 0 Å². The summed E-state index contributed by atoms with van der Waals surface area (Å²) in [6, 6.07) is 0. The lowest BCUT2D eigenvalue weighted by molar-refractivity contribution is -0.111. The van der Waals surface area contributed by atoms with Crippen LogP contribution in [-0.2, 0) is 4.79 Å². The summed E-state index contributed by atoms with van der Waals surface area (Å²) in [7, 11) is 0. The fraction of sp³-hybridized carbons (Fsp3) is 0.857. The Morgan fingerprint density at radius 1 is 1.67 bits per heavy atom. The molecule has 0 N–H and O–H groups in total. The van der Waals surface area contributed by atoms with Crippen molar-refractivity contribution in [3.8, 4) is 0 Å². The van der Waals surface area contributed by atoms with Crippen LogP contribution in [0.3, 0.4) is 0 Å². The van der Waals surface area contributed by atoms with Gasteiger partial charge < -0.3 is 0 Å². The van der Waals surface area contributed by atoms with Gasteiger partial charge in [0.15, 0.2) is 5.12 Å². The Bertz CT molecular complexity index is 111. The highest BCUT2D eigenvalue weighted by Crippen LogP contribution is 2.22. The van der Waals surface area contributed by atoms with Crippen molar-refractivity contribution < 1.29 is 4.79 Å². The first-order chi connectivity index (χ1) is 4.29. The van der Waals surface area contributed by atoms with Gasteiger partial charge in [0.25, 0.3) is 0 Å². The Morgan fingerprint density at radius 2 is 2.44 bits per heavy atom. The maximum absolute atomic E-state index is 10.9. The third-order valence-corrected chi connectivity index (χ3v) is 2.60. The zero-order chi connectivity index (χ0) is 6.69. The van der Waals surface area contributed by atoms with Gasteiger partial charge in [0, 0.05) is 12.2 Å². The molecule has 52 valence electrons. The summed E-state index contributed by atoms with van der Waals surface area (Å²) >= 11 is 1.50. The average molecular weight is 144 g/mol. The lowest BCUT2D eigenvalue weighted by atomic mass is 10.0. The molecule has 9 heavy (non-hydrogen) atoms. The third-order valence-electron chi connectivity index (χ3n) is 1.62. The Kier molecular flexibility index (Phi) is 2.58. The van der Waals surface area contributed by atoms with E-state index in [1.807, 2.05) is 0 Å². The van der Waals surface area contributed by atoms with Crippen molar-refractivity contribution in [2.45, 2.75) is 26.2 Å². The number of hydrogen-bond donors (Lipinski definition) is 0. The summed E-state index contributed by atoms with van der Waals surface area (Å²) in [4.78, 5) is 10.9. The zero-order valence-electron chi connectivity index (χ0n) is 5.72. The minimum atomic E-state index is 0.389. The summed E-state index contributed by atoms with van der Waals surface area (Å²) < 4.78 is 0. The zero-order valence-corrected chi connectivity index (χ0v) is 6.54. The van der Waals surface area contributed by atoms with Crippen molar-refractivity contribution in [2.75, 3.05) is 5.75 Å². The maximum atomic E-state index is 10.9. The van der Waals surface area contributed by atoms with Gasteiger partial charge in [-0.2, -0.15) is 0 Å². The Labute approximate surface area is 60.2 Å². The molecule has 0 radical (unpaired) electrons. The standard InChI is InChI=1S/C7H12OS/c1-6-3-2-4-9-7(8)5-6/h6H,2-5H2,1H3/t6-/m1/s1. The highest BCUT2D eigenvalue weighted by molar-refractivity contribution is 8.13. The van der Waals surface area contributed by atoms with Crippen LogP contribution in [-0.4, -0.2) is 10.9 Å². The Balaban J connectivity index is 2.37. The molecule has 1 nitrogen and oxygen atoms in total. The molecule has 0 amide bonds. The van der Waals surface area contributed by atoms with Gasteiger partial charge in [-0.25, -0.2) is 0 Å². The van der Waals surface area contributed by atoms with Gasteiger partial charge in [-0.05, 0) is 18.8 Å². The van der Waals surface area contributed by atoms with Crippen LogP contribution in [0.4, 0.5) is 0 Å². The van der Waals surface area contributed by atoms with Crippen LogP contribution < -0.4 is 0 Å². The second kappa shape index (κ2) is 3.25. The van der Waals surface area contributed by atoms with Crippen LogP contribution in [0.5, 0.6) is 0 Å². The van der Waals surface area contributed by atoms with Crippen molar-refractivity contribution in [2.24, 2.45) is 5.92 Å². The molecule has 0 bridgehead atoms. The number of thioether (sulfide) groups is 1. The van der Waals surface area contributed by atoms with Gasteiger partial charge in [0.2, 0.25) is 0 Å². The topological polar surface area (TPSA) is 17.1 Å². The van der Waals surface area contributed by atoms with Crippen LogP contribution in [0.1, 0.15) is 26.2 Å². The molecule has 1 aliphatic heterocycles. The quantitative estimate of drug-likeness (QED) is 0.517. The molecule has 1 saturated heterocycles. The number of carbonyl (C=O) groups excluding carboxylic acids is 1. The highest BCUT2D eigenvalue weighted by Gasteiger charge is 2.13. The number of carbonyl (C=O) groups is 1. The largest absolute Gasteiger partial charge is 0.287 e. The minimum Gasteiger partial charge on any atom is -0.287 e. The summed E-state index contributed by atoms with van der Waals surface area (Å²) in [5.41, 5.74) is 0. The second-order valence-corrected chi connectivity index (χ2v) is 3.82. The smallest absolute Gasteiger partial charge is 0.189 e. The van der Waals surface area contributed by atoms with Crippen molar-refractivity contribution >= 4 is 16.9 Å². The Morgan fingerprint density at radius 3 is 3.22 bits per heavy atom. The molecule has 1 aliphatic rings. The lowest BCUT2D eigenvalue weighted by Crippen LogP contribution is -1.96. The van der Waals surface area contributed by atoms with Gasteiger partial charge in [-0.15, -0.1) is 0 Å². The van der Waals surface area contributed by atoms with Crippen LogP contribution >= 0.6 is 11.8 Å². The molecule has 0 aromatic rings. The minimum absolute atomic E-state index is 0.389. The highest BCUT2D eigenvalue weighted by atomic mass is 32.2. The van der Waals surface area contributed by atoms with E-state index >= 15 is 0 Å².